The minimum Gasteiger partial charge on any atom is -0.493 e. The van der Waals surface area contributed by atoms with Crippen LogP contribution in [0.2, 0.25) is 0 Å². The molecule has 3 aromatic rings. The van der Waals surface area contributed by atoms with Crippen LogP contribution in [0, 0.1) is 0 Å². The van der Waals surface area contributed by atoms with Crippen LogP contribution < -0.4 is 19.6 Å². The van der Waals surface area contributed by atoms with Gasteiger partial charge in [-0.05, 0) is 35.4 Å². The number of methoxy groups -OCH3 is 2. The van der Waals surface area contributed by atoms with Gasteiger partial charge in [0.05, 0.1) is 20.4 Å². The van der Waals surface area contributed by atoms with E-state index >= 15 is 0 Å². The van der Waals surface area contributed by atoms with Gasteiger partial charge in [0.15, 0.2) is 18.1 Å². The van der Waals surface area contributed by atoms with E-state index in [2.05, 4.69) is 10.5 Å². The van der Waals surface area contributed by atoms with E-state index < -0.39 is 0 Å². The van der Waals surface area contributed by atoms with Crippen molar-refractivity contribution in [1.82, 2.24) is 5.43 Å². The van der Waals surface area contributed by atoms with Crippen molar-refractivity contribution in [1.29, 1.82) is 0 Å². The first-order valence-corrected chi connectivity index (χ1v) is 9.02. The predicted octanol–water partition coefficient (Wildman–Crippen LogP) is 3.90. The number of nitrogens with zero attached hydrogens (tertiary/aromatic N) is 1. The number of amides is 1. The van der Waals surface area contributed by atoms with Gasteiger partial charge in [0.1, 0.15) is 5.75 Å². The molecule has 0 atom stereocenters. The fourth-order valence-electron chi connectivity index (χ4n) is 2.74. The van der Waals surface area contributed by atoms with Gasteiger partial charge in [-0.3, -0.25) is 4.79 Å². The second kappa shape index (κ2) is 9.94. The Kier molecular flexibility index (Phi) is 6.84. The molecule has 3 aromatic carbocycles. The minimum atomic E-state index is -0.366. The first-order valence-electron chi connectivity index (χ1n) is 9.02. The van der Waals surface area contributed by atoms with Crippen molar-refractivity contribution in [2.24, 2.45) is 5.10 Å². The van der Waals surface area contributed by atoms with Crippen molar-refractivity contribution in [3.8, 4) is 28.4 Å². The summed E-state index contributed by atoms with van der Waals surface area (Å²) in [4.78, 5) is 12.0. The molecule has 6 nitrogen and oxygen atoms in total. The molecule has 0 fully saturated rings. The van der Waals surface area contributed by atoms with Gasteiger partial charge in [-0.15, -0.1) is 0 Å². The van der Waals surface area contributed by atoms with Crippen LogP contribution in [0.1, 0.15) is 5.56 Å². The van der Waals surface area contributed by atoms with Crippen LogP contribution in [0.3, 0.4) is 0 Å². The predicted molar refractivity (Wildman–Crippen MR) is 113 cm³/mol. The number of para-hydroxylation sites is 1. The Morgan fingerprint density at radius 1 is 0.897 bits per heavy atom. The van der Waals surface area contributed by atoms with Gasteiger partial charge in [-0.25, -0.2) is 5.43 Å². The molecule has 0 aliphatic heterocycles. The van der Waals surface area contributed by atoms with E-state index in [1.54, 1.807) is 20.3 Å². The van der Waals surface area contributed by atoms with Crippen molar-refractivity contribution in [2.75, 3.05) is 20.8 Å². The second-order valence-electron chi connectivity index (χ2n) is 6.06. The van der Waals surface area contributed by atoms with E-state index in [-0.39, 0.29) is 12.5 Å². The van der Waals surface area contributed by atoms with Crippen LogP contribution in [0.25, 0.3) is 11.1 Å². The highest BCUT2D eigenvalue weighted by Crippen LogP contribution is 2.29. The maximum atomic E-state index is 12.0. The number of nitrogens with one attached hydrogen (secondary N) is 1. The maximum absolute atomic E-state index is 12.0. The Hall–Kier alpha value is -3.80. The van der Waals surface area contributed by atoms with Crippen molar-refractivity contribution in [2.45, 2.75) is 0 Å². The number of benzene rings is 3. The van der Waals surface area contributed by atoms with E-state index in [9.17, 15) is 4.79 Å². The lowest BCUT2D eigenvalue weighted by Crippen LogP contribution is -2.24. The van der Waals surface area contributed by atoms with E-state index in [4.69, 9.17) is 14.2 Å². The Morgan fingerprint density at radius 3 is 2.31 bits per heavy atom. The van der Waals surface area contributed by atoms with Gasteiger partial charge in [0.25, 0.3) is 5.91 Å². The molecule has 29 heavy (non-hydrogen) atoms. The average molecular weight is 390 g/mol. The van der Waals surface area contributed by atoms with Gasteiger partial charge >= 0.3 is 0 Å². The third kappa shape index (κ3) is 5.35. The Bertz CT molecular complexity index is 970. The zero-order chi connectivity index (χ0) is 20.5. The molecule has 1 amide bonds. The third-order valence-corrected chi connectivity index (χ3v) is 4.16. The molecule has 1 N–H and O–H groups in total. The average Bonchev–Trinajstić information content (AvgIpc) is 2.78. The highest BCUT2D eigenvalue weighted by Gasteiger charge is 2.08. The van der Waals surface area contributed by atoms with E-state index in [0.717, 1.165) is 11.1 Å². The molecular formula is C23H22N2O4. The first kappa shape index (κ1) is 19.9. The highest BCUT2D eigenvalue weighted by atomic mass is 16.5. The smallest absolute Gasteiger partial charge is 0.277 e. The topological polar surface area (TPSA) is 69.2 Å². The van der Waals surface area contributed by atoms with Crippen molar-refractivity contribution in [3.63, 3.8) is 0 Å². The van der Waals surface area contributed by atoms with E-state index in [1.165, 1.54) is 6.21 Å². The number of rotatable bonds is 8. The summed E-state index contributed by atoms with van der Waals surface area (Å²) in [7, 11) is 3.11. The molecule has 0 saturated heterocycles. The van der Waals surface area contributed by atoms with E-state index in [1.807, 2.05) is 66.7 Å². The lowest BCUT2D eigenvalue weighted by Gasteiger charge is -2.09. The summed E-state index contributed by atoms with van der Waals surface area (Å²) in [5.74, 6) is 1.38. The summed E-state index contributed by atoms with van der Waals surface area (Å²) in [6.07, 6.45) is 1.49. The largest absolute Gasteiger partial charge is 0.493 e. The molecule has 0 bridgehead atoms. The maximum Gasteiger partial charge on any atom is 0.277 e. The minimum absolute atomic E-state index is 0.142. The van der Waals surface area contributed by atoms with Crippen molar-refractivity contribution in [3.05, 3.63) is 78.4 Å². The zero-order valence-electron chi connectivity index (χ0n) is 16.3. The van der Waals surface area contributed by atoms with E-state index in [0.29, 0.717) is 22.8 Å². The fourth-order valence-corrected chi connectivity index (χ4v) is 2.74. The quantitative estimate of drug-likeness (QED) is 0.468. The molecule has 3 rings (SSSR count). The first-order chi connectivity index (χ1) is 14.2. The van der Waals surface area contributed by atoms with Crippen LogP contribution in [0.4, 0.5) is 0 Å². The number of hydrogen-bond acceptors (Lipinski definition) is 5. The molecule has 6 heteroatoms. The molecule has 0 aromatic heterocycles. The number of hydrogen-bond donors (Lipinski definition) is 1. The van der Waals surface area contributed by atoms with Gasteiger partial charge in [0, 0.05) is 5.56 Å². The van der Waals surface area contributed by atoms with Gasteiger partial charge in [-0.2, -0.15) is 5.10 Å². The van der Waals surface area contributed by atoms with Crippen LogP contribution in [-0.2, 0) is 4.79 Å². The van der Waals surface area contributed by atoms with Crippen LogP contribution in [0.5, 0.6) is 17.2 Å². The van der Waals surface area contributed by atoms with Crippen LogP contribution >= 0.6 is 0 Å². The summed E-state index contributed by atoms with van der Waals surface area (Å²) in [6.45, 7) is -0.142. The summed E-state index contributed by atoms with van der Waals surface area (Å²) < 4.78 is 16.1. The fraction of sp³-hybridized carbons (Fsp3) is 0.130. The van der Waals surface area contributed by atoms with Crippen LogP contribution in [-0.4, -0.2) is 32.9 Å². The molecule has 0 aliphatic rings. The number of ether oxygens (including phenoxy) is 3. The molecular weight excluding hydrogens is 368 g/mol. The second-order valence-corrected chi connectivity index (χ2v) is 6.06. The van der Waals surface area contributed by atoms with Crippen molar-refractivity contribution >= 4 is 12.1 Å². The highest BCUT2D eigenvalue weighted by molar-refractivity contribution is 5.86. The molecule has 0 heterocycles. The van der Waals surface area contributed by atoms with Gasteiger partial charge in [0.2, 0.25) is 0 Å². The van der Waals surface area contributed by atoms with Gasteiger partial charge < -0.3 is 14.2 Å². The standard InChI is InChI=1S/C23H22N2O4/c1-27-21-10-6-9-19(23(21)28-2)15-24-25-22(26)16-29-20-13-11-18(12-14-20)17-7-4-3-5-8-17/h3-15H,16H2,1-2H3,(H,25,26)/b24-15-. The monoisotopic (exact) mass is 390 g/mol. The van der Waals surface area contributed by atoms with Gasteiger partial charge in [-0.1, -0.05) is 48.5 Å². The lowest BCUT2D eigenvalue weighted by atomic mass is 10.1. The summed E-state index contributed by atoms with van der Waals surface area (Å²) in [5, 5.41) is 3.95. The summed E-state index contributed by atoms with van der Waals surface area (Å²) in [5.41, 5.74) is 5.33. The normalized spacial score (nSPS) is 10.6. The zero-order valence-corrected chi connectivity index (χ0v) is 16.3. The third-order valence-electron chi connectivity index (χ3n) is 4.16. The molecule has 0 unspecified atom stereocenters. The Morgan fingerprint density at radius 2 is 1.62 bits per heavy atom. The molecule has 0 saturated carbocycles. The Labute approximate surface area is 169 Å². The Balaban J connectivity index is 1.52. The molecule has 0 spiro atoms. The SMILES string of the molecule is COc1cccc(/C=N\NC(=O)COc2ccc(-c3ccccc3)cc2)c1OC. The van der Waals surface area contributed by atoms with Crippen LogP contribution in [0.15, 0.2) is 77.9 Å². The molecule has 0 radical (unpaired) electrons. The summed E-state index contributed by atoms with van der Waals surface area (Å²) >= 11 is 0. The molecule has 148 valence electrons. The number of carbonyl (C=O) groups is 1. The number of carbonyl (C=O) groups excluding carboxylic acids is 1. The lowest BCUT2D eigenvalue weighted by molar-refractivity contribution is -0.123. The molecule has 0 aliphatic carbocycles. The summed E-state index contributed by atoms with van der Waals surface area (Å²) in [6, 6.07) is 23.0. The van der Waals surface area contributed by atoms with Crippen molar-refractivity contribution < 1.29 is 19.0 Å². The number of hydrazone groups is 1.